The summed E-state index contributed by atoms with van der Waals surface area (Å²) in [6, 6.07) is 4.83. The molecule has 0 saturated heterocycles. The Hall–Kier alpha value is -1.24. The van der Waals surface area contributed by atoms with E-state index in [4.69, 9.17) is 33.2 Å². The van der Waals surface area contributed by atoms with Crippen LogP contribution in [0.3, 0.4) is 0 Å². The largest absolute Gasteiger partial charge is 0.462 e. The number of benzene rings is 1. The van der Waals surface area contributed by atoms with E-state index in [0.29, 0.717) is 16.1 Å². The highest BCUT2D eigenvalue weighted by Crippen LogP contribution is 2.24. The molecule has 0 aromatic heterocycles. The van der Waals surface area contributed by atoms with Gasteiger partial charge in [0, 0.05) is 16.5 Å². The number of hydrogen-bond acceptors (Lipinski definition) is 3. The van der Waals surface area contributed by atoms with Crippen LogP contribution < -0.4 is 0 Å². The molecule has 0 aliphatic heterocycles. The molecule has 0 atom stereocenters. The van der Waals surface area contributed by atoms with Crippen molar-refractivity contribution in [3.05, 3.63) is 33.8 Å². The molecule has 1 aromatic rings. The van der Waals surface area contributed by atoms with Crippen molar-refractivity contribution in [2.24, 2.45) is 0 Å². The summed E-state index contributed by atoms with van der Waals surface area (Å²) in [5, 5.41) is 9.07. The summed E-state index contributed by atoms with van der Waals surface area (Å²) in [5.41, 5.74) is 1.05. The monoisotopic (exact) mass is 257 g/mol. The van der Waals surface area contributed by atoms with Crippen molar-refractivity contribution in [2.75, 3.05) is 6.61 Å². The Kier molecular flexibility index (Phi) is 4.60. The highest BCUT2D eigenvalue weighted by molar-refractivity contribution is 6.33. The van der Waals surface area contributed by atoms with Crippen molar-refractivity contribution >= 4 is 29.2 Å². The van der Waals surface area contributed by atoms with Crippen molar-refractivity contribution < 1.29 is 9.53 Å². The maximum absolute atomic E-state index is 11.6. The Bertz CT molecular complexity index is 452. The summed E-state index contributed by atoms with van der Waals surface area (Å²) in [6.45, 7) is 1.96. The van der Waals surface area contributed by atoms with Gasteiger partial charge in [0.1, 0.15) is 0 Å². The molecule has 0 amide bonds. The van der Waals surface area contributed by atoms with Crippen LogP contribution in [0.15, 0.2) is 12.1 Å². The molecule has 0 unspecified atom stereocenters. The van der Waals surface area contributed by atoms with E-state index in [1.165, 1.54) is 12.1 Å². The number of carbonyl (C=O) groups excluding carboxylic acids is 1. The Morgan fingerprint density at radius 2 is 2.25 bits per heavy atom. The second kappa shape index (κ2) is 5.74. The first-order chi connectivity index (χ1) is 7.63. The molecule has 1 aromatic carbocycles. The first kappa shape index (κ1) is 12.8. The fraction of sp³-hybridized carbons (Fsp3) is 0.273. The number of alkyl halides is 1. The van der Waals surface area contributed by atoms with Crippen LogP contribution in [0.4, 0.5) is 0 Å². The summed E-state index contributed by atoms with van der Waals surface area (Å²) in [6.07, 6.45) is 0. The molecule has 0 aliphatic rings. The standard InChI is InChI=1S/C11H9Cl2NO2/c1-2-16-11(15)8-3-7(6-14)4-10(13)9(8)5-12/h3-4H,2,5H2,1H3. The molecule has 0 fully saturated rings. The molecule has 0 saturated carbocycles. The predicted molar refractivity (Wildman–Crippen MR) is 61.7 cm³/mol. The first-order valence-corrected chi connectivity index (χ1v) is 5.50. The number of esters is 1. The summed E-state index contributed by atoms with van der Waals surface area (Å²) < 4.78 is 4.86. The molecular formula is C11H9Cl2NO2. The zero-order valence-corrected chi connectivity index (χ0v) is 10.1. The second-order valence-electron chi connectivity index (χ2n) is 2.95. The quantitative estimate of drug-likeness (QED) is 0.618. The molecule has 16 heavy (non-hydrogen) atoms. The molecule has 3 nitrogen and oxygen atoms in total. The van der Waals surface area contributed by atoms with Crippen molar-refractivity contribution in [1.29, 1.82) is 5.26 Å². The van der Waals surface area contributed by atoms with E-state index in [1.807, 2.05) is 6.07 Å². The third kappa shape index (κ3) is 2.66. The van der Waals surface area contributed by atoms with Crippen LogP contribution >= 0.6 is 23.2 Å². The summed E-state index contributed by atoms with van der Waals surface area (Å²) in [5.74, 6) is -0.421. The second-order valence-corrected chi connectivity index (χ2v) is 3.62. The number of rotatable bonds is 3. The van der Waals surface area contributed by atoms with Gasteiger partial charge in [0.25, 0.3) is 0 Å². The molecule has 1 rings (SSSR count). The number of halogens is 2. The number of nitriles is 1. The average Bonchev–Trinajstić information content (AvgIpc) is 2.28. The molecule has 0 radical (unpaired) electrons. The molecular weight excluding hydrogens is 249 g/mol. The fourth-order valence-corrected chi connectivity index (χ4v) is 1.87. The molecule has 0 spiro atoms. The van der Waals surface area contributed by atoms with E-state index in [-0.39, 0.29) is 18.1 Å². The van der Waals surface area contributed by atoms with Gasteiger partial charge in [0.05, 0.1) is 23.8 Å². The number of ether oxygens (including phenoxy) is 1. The van der Waals surface area contributed by atoms with Gasteiger partial charge in [-0.1, -0.05) is 11.6 Å². The maximum atomic E-state index is 11.6. The highest BCUT2D eigenvalue weighted by Gasteiger charge is 2.16. The predicted octanol–water partition coefficient (Wildman–Crippen LogP) is 3.13. The van der Waals surface area contributed by atoms with Gasteiger partial charge in [-0.2, -0.15) is 5.26 Å². The number of nitrogens with zero attached hydrogens (tertiary/aromatic N) is 1. The molecule has 0 N–H and O–H groups in total. The van der Waals surface area contributed by atoms with Crippen LogP contribution in [0.25, 0.3) is 0 Å². The third-order valence-corrected chi connectivity index (χ3v) is 2.56. The zero-order chi connectivity index (χ0) is 12.1. The van der Waals surface area contributed by atoms with E-state index >= 15 is 0 Å². The lowest BCUT2D eigenvalue weighted by atomic mass is 10.1. The van der Waals surface area contributed by atoms with Gasteiger partial charge < -0.3 is 4.74 Å². The van der Waals surface area contributed by atoms with E-state index in [2.05, 4.69) is 0 Å². The van der Waals surface area contributed by atoms with Gasteiger partial charge >= 0.3 is 5.97 Å². The Labute approximate surface area is 104 Å². The molecule has 0 bridgehead atoms. The SMILES string of the molecule is CCOC(=O)c1cc(C#N)cc(Cl)c1CCl. The smallest absolute Gasteiger partial charge is 0.338 e. The molecule has 84 valence electrons. The van der Waals surface area contributed by atoms with Gasteiger partial charge in [-0.3, -0.25) is 0 Å². The lowest BCUT2D eigenvalue weighted by molar-refractivity contribution is 0.0525. The van der Waals surface area contributed by atoms with Crippen LogP contribution in [0.5, 0.6) is 0 Å². The van der Waals surface area contributed by atoms with Gasteiger partial charge in [0.2, 0.25) is 0 Å². The Morgan fingerprint density at radius 3 is 2.75 bits per heavy atom. The van der Waals surface area contributed by atoms with Crippen LogP contribution in [-0.2, 0) is 10.6 Å². The summed E-state index contributed by atoms with van der Waals surface area (Å²) in [7, 11) is 0. The number of hydrogen-bond donors (Lipinski definition) is 0. The molecule has 0 aliphatic carbocycles. The van der Waals surface area contributed by atoms with Crippen LogP contribution in [0.2, 0.25) is 5.02 Å². The average molecular weight is 258 g/mol. The van der Waals surface area contributed by atoms with Crippen molar-refractivity contribution in [1.82, 2.24) is 0 Å². The fourth-order valence-electron chi connectivity index (χ4n) is 1.23. The summed E-state index contributed by atoms with van der Waals surface area (Å²) in [4.78, 5) is 11.6. The maximum Gasteiger partial charge on any atom is 0.338 e. The Balaban J connectivity index is 3.29. The van der Waals surface area contributed by atoms with Crippen LogP contribution in [0, 0.1) is 11.3 Å². The minimum atomic E-state index is -0.517. The van der Waals surface area contributed by atoms with E-state index in [1.54, 1.807) is 6.92 Å². The highest BCUT2D eigenvalue weighted by atomic mass is 35.5. The van der Waals surface area contributed by atoms with Crippen molar-refractivity contribution in [3.63, 3.8) is 0 Å². The van der Waals surface area contributed by atoms with E-state index in [9.17, 15) is 4.79 Å². The lowest BCUT2D eigenvalue weighted by Crippen LogP contribution is -2.08. The zero-order valence-electron chi connectivity index (χ0n) is 8.59. The van der Waals surface area contributed by atoms with Gasteiger partial charge in [-0.05, 0) is 19.1 Å². The third-order valence-electron chi connectivity index (χ3n) is 1.95. The van der Waals surface area contributed by atoms with Gasteiger partial charge in [0.15, 0.2) is 0 Å². The summed E-state index contributed by atoms with van der Waals surface area (Å²) >= 11 is 11.6. The van der Waals surface area contributed by atoms with E-state index in [0.717, 1.165) is 0 Å². The van der Waals surface area contributed by atoms with Crippen LogP contribution in [0.1, 0.15) is 28.4 Å². The normalized spacial score (nSPS) is 9.62. The van der Waals surface area contributed by atoms with Crippen LogP contribution in [-0.4, -0.2) is 12.6 Å². The Morgan fingerprint density at radius 1 is 1.56 bits per heavy atom. The molecule has 5 heteroatoms. The minimum Gasteiger partial charge on any atom is -0.462 e. The lowest BCUT2D eigenvalue weighted by Gasteiger charge is -2.08. The minimum absolute atomic E-state index is 0.0959. The van der Waals surface area contributed by atoms with E-state index < -0.39 is 5.97 Å². The topological polar surface area (TPSA) is 50.1 Å². The van der Waals surface area contributed by atoms with Gasteiger partial charge in [-0.25, -0.2) is 4.79 Å². The van der Waals surface area contributed by atoms with Gasteiger partial charge in [-0.15, -0.1) is 11.6 Å². The first-order valence-electron chi connectivity index (χ1n) is 4.59. The molecule has 0 heterocycles. The number of carbonyl (C=O) groups is 1. The van der Waals surface area contributed by atoms with Crippen molar-refractivity contribution in [3.8, 4) is 6.07 Å². The van der Waals surface area contributed by atoms with Crippen molar-refractivity contribution in [2.45, 2.75) is 12.8 Å².